The Hall–Kier alpha value is -0.740. The summed E-state index contributed by atoms with van der Waals surface area (Å²) in [7, 11) is 0. The Morgan fingerprint density at radius 2 is 2.43 bits per heavy atom. The smallest absolute Gasteiger partial charge is 0.141 e. The van der Waals surface area contributed by atoms with Crippen molar-refractivity contribution in [2.45, 2.75) is 26.7 Å². The highest BCUT2D eigenvalue weighted by atomic mass is 32.1. The second kappa shape index (κ2) is 5.22. The van der Waals surface area contributed by atoms with Crippen molar-refractivity contribution in [3.63, 3.8) is 0 Å². The van der Waals surface area contributed by atoms with E-state index in [1.807, 2.05) is 19.2 Å². The van der Waals surface area contributed by atoms with Gasteiger partial charge in [-0.3, -0.25) is 4.79 Å². The van der Waals surface area contributed by atoms with E-state index in [0.29, 0.717) is 13.0 Å². The zero-order valence-electron chi connectivity index (χ0n) is 8.62. The second-order valence-corrected chi connectivity index (χ2v) is 4.54. The predicted molar refractivity (Wildman–Crippen MR) is 58.4 cm³/mol. The van der Waals surface area contributed by atoms with Crippen molar-refractivity contribution in [2.24, 2.45) is 11.7 Å². The topological polar surface area (TPSA) is 56.0 Å². The second-order valence-electron chi connectivity index (χ2n) is 3.48. The minimum absolute atomic E-state index is 0.0574. The highest BCUT2D eigenvalue weighted by Gasteiger charge is 2.13. The third kappa shape index (κ3) is 3.20. The number of aryl methyl sites for hydroxylation is 1. The van der Waals surface area contributed by atoms with Crippen LogP contribution < -0.4 is 5.73 Å². The van der Waals surface area contributed by atoms with Crippen LogP contribution in [0.1, 0.15) is 24.0 Å². The number of carbonyl (C=O) groups is 1. The molecule has 1 aromatic heterocycles. The molecule has 1 heterocycles. The fraction of sp³-hybridized carbons (Fsp3) is 0.600. The molecule has 4 heteroatoms. The SMILES string of the molecule is Cc1nc(CC(=O)C(C)CCN)cs1. The molecular weight excluding hydrogens is 196 g/mol. The molecular formula is C10H16N2OS. The lowest BCUT2D eigenvalue weighted by atomic mass is 9.99. The fourth-order valence-electron chi connectivity index (χ4n) is 1.25. The van der Waals surface area contributed by atoms with Gasteiger partial charge in [0, 0.05) is 17.7 Å². The summed E-state index contributed by atoms with van der Waals surface area (Å²) in [5.74, 6) is 0.294. The molecule has 3 nitrogen and oxygen atoms in total. The number of nitrogens with two attached hydrogens (primary N) is 1. The zero-order valence-corrected chi connectivity index (χ0v) is 9.43. The maximum absolute atomic E-state index is 11.6. The molecule has 0 saturated carbocycles. The Balaban J connectivity index is 2.48. The van der Waals surface area contributed by atoms with E-state index in [1.165, 1.54) is 0 Å². The Bertz CT molecular complexity index is 309. The van der Waals surface area contributed by atoms with E-state index in [0.717, 1.165) is 17.1 Å². The average molecular weight is 212 g/mol. The summed E-state index contributed by atoms with van der Waals surface area (Å²) >= 11 is 1.58. The number of hydrogen-bond acceptors (Lipinski definition) is 4. The number of ketones is 1. The van der Waals surface area contributed by atoms with Crippen LogP contribution in [-0.4, -0.2) is 17.3 Å². The maximum atomic E-state index is 11.6. The lowest BCUT2D eigenvalue weighted by Gasteiger charge is -2.06. The first kappa shape index (κ1) is 11.3. The molecule has 0 aromatic carbocycles. The van der Waals surface area contributed by atoms with Crippen molar-refractivity contribution in [3.05, 3.63) is 16.1 Å². The monoisotopic (exact) mass is 212 g/mol. The van der Waals surface area contributed by atoms with E-state index < -0.39 is 0 Å². The van der Waals surface area contributed by atoms with Crippen LogP contribution in [-0.2, 0) is 11.2 Å². The van der Waals surface area contributed by atoms with Gasteiger partial charge in [0.25, 0.3) is 0 Å². The van der Waals surface area contributed by atoms with E-state index in [4.69, 9.17) is 5.73 Å². The van der Waals surface area contributed by atoms with Gasteiger partial charge < -0.3 is 5.73 Å². The summed E-state index contributed by atoms with van der Waals surface area (Å²) in [6, 6.07) is 0. The van der Waals surface area contributed by atoms with Crippen molar-refractivity contribution in [1.82, 2.24) is 4.98 Å². The minimum atomic E-state index is 0.0574. The zero-order chi connectivity index (χ0) is 10.6. The summed E-state index contributed by atoms with van der Waals surface area (Å²) in [5.41, 5.74) is 6.29. The number of rotatable bonds is 5. The van der Waals surface area contributed by atoms with Gasteiger partial charge in [-0.1, -0.05) is 6.92 Å². The van der Waals surface area contributed by atoms with E-state index >= 15 is 0 Å². The molecule has 0 fully saturated rings. The largest absolute Gasteiger partial charge is 0.330 e. The molecule has 78 valence electrons. The Labute approximate surface area is 88.3 Å². The first-order chi connectivity index (χ1) is 6.63. The van der Waals surface area contributed by atoms with Gasteiger partial charge in [0.2, 0.25) is 0 Å². The molecule has 1 aromatic rings. The van der Waals surface area contributed by atoms with Crippen molar-refractivity contribution < 1.29 is 4.79 Å². The third-order valence-corrected chi connectivity index (χ3v) is 2.99. The number of nitrogens with zero attached hydrogens (tertiary/aromatic N) is 1. The number of Topliss-reactive ketones (excluding diaryl/α,β-unsaturated/α-hetero) is 1. The molecule has 2 N–H and O–H groups in total. The maximum Gasteiger partial charge on any atom is 0.141 e. The molecule has 14 heavy (non-hydrogen) atoms. The number of thiazole rings is 1. The number of hydrogen-bond donors (Lipinski definition) is 1. The fourth-order valence-corrected chi connectivity index (χ4v) is 1.87. The Kier molecular flexibility index (Phi) is 4.22. The summed E-state index contributed by atoms with van der Waals surface area (Å²) in [4.78, 5) is 15.9. The molecule has 0 aliphatic rings. The van der Waals surface area contributed by atoms with Crippen molar-refractivity contribution >= 4 is 17.1 Å². The first-order valence-corrected chi connectivity index (χ1v) is 5.65. The number of carbonyl (C=O) groups excluding carboxylic acids is 1. The van der Waals surface area contributed by atoms with Crippen LogP contribution in [0.25, 0.3) is 0 Å². The first-order valence-electron chi connectivity index (χ1n) is 4.77. The molecule has 0 spiro atoms. The molecule has 0 aliphatic carbocycles. The molecule has 1 rings (SSSR count). The lowest BCUT2D eigenvalue weighted by molar-refractivity contribution is -0.121. The van der Waals surface area contributed by atoms with Gasteiger partial charge in [0.1, 0.15) is 5.78 Å². The minimum Gasteiger partial charge on any atom is -0.330 e. The third-order valence-electron chi connectivity index (χ3n) is 2.17. The van der Waals surface area contributed by atoms with Gasteiger partial charge >= 0.3 is 0 Å². The van der Waals surface area contributed by atoms with Crippen molar-refractivity contribution in [2.75, 3.05) is 6.54 Å². The van der Waals surface area contributed by atoms with Crippen LogP contribution in [0.4, 0.5) is 0 Å². The molecule has 1 atom stereocenters. The van der Waals surface area contributed by atoms with E-state index in [2.05, 4.69) is 4.98 Å². The van der Waals surface area contributed by atoms with Crippen LogP contribution in [0.3, 0.4) is 0 Å². The van der Waals surface area contributed by atoms with Crippen LogP contribution in [0, 0.1) is 12.8 Å². The van der Waals surface area contributed by atoms with Crippen LogP contribution in [0.15, 0.2) is 5.38 Å². The van der Waals surface area contributed by atoms with Gasteiger partial charge in [-0.15, -0.1) is 11.3 Å². The predicted octanol–water partition coefficient (Wildman–Crippen LogP) is 1.55. The van der Waals surface area contributed by atoms with Gasteiger partial charge in [-0.25, -0.2) is 4.98 Å². The van der Waals surface area contributed by atoms with Gasteiger partial charge in [-0.05, 0) is 19.9 Å². The van der Waals surface area contributed by atoms with Crippen molar-refractivity contribution in [3.8, 4) is 0 Å². The van der Waals surface area contributed by atoms with Gasteiger partial charge in [-0.2, -0.15) is 0 Å². The molecule has 0 amide bonds. The normalized spacial score (nSPS) is 12.8. The summed E-state index contributed by atoms with van der Waals surface area (Å²) in [6.45, 7) is 4.44. The van der Waals surface area contributed by atoms with E-state index in [1.54, 1.807) is 11.3 Å². The van der Waals surface area contributed by atoms with Crippen molar-refractivity contribution in [1.29, 1.82) is 0 Å². The number of aromatic nitrogens is 1. The Morgan fingerprint density at radius 1 is 1.71 bits per heavy atom. The van der Waals surface area contributed by atoms with E-state index in [-0.39, 0.29) is 11.7 Å². The highest BCUT2D eigenvalue weighted by molar-refractivity contribution is 7.09. The standard InChI is InChI=1S/C10H16N2OS/c1-7(3-4-11)10(13)5-9-6-14-8(2)12-9/h6-7H,3-5,11H2,1-2H3. The molecule has 0 aliphatic heterocycles. The summed E-state index contributed by atoms with van der Waals surface area (Å²) in [6.07, 6.45) is 1.22. The quantitative estimate of drug-likeness (QED) is 0.805. The summed E-state index contributed by atoms with van der Waals surface area (Å²) in [5, 5.41) is 2.96. The lowest BCUT2D eigenvalue weighted by Crippen LogP contribution is -2.17. The Morgan fingerprint density at radius 3 is 2.93 bits per heavy atom. The highest BCUT2D eigenvalue weighted by Crippen LogP contribution is 2.12. The molecule has 1 unspecified atom stereocenters. The molecule has 0 radical (unpaired) electrons. The van der Waals surface area contributed by atoms with Crippen LogP contribution in [0.2, 0.25) is 0 Å². The van der Waals surface area contributed by atoms with Gasteiger partial charge in [0.05, 0.1) is 10.7 Å². The van der Waals surface area contributed by atoms with E-state index in [9.17, 15) is 4.79 Å². The molecule has 0 saturated heterocycles. The van der Waals surface area contributed by atoms with Crippen LogP contribution >= 0.6 is 11.3 Å². The molecule has 0 bridgehead atoms. The van der Waals surface area contributed by atoms with Crippen LogP contribution in [0.5, 0.6) is 0 Å². The van der Waals surface area contributed by atoms with Gasteiger partial charge in [0.15, 0.2) is 0 Å². The summed E-state index contributed by atoms with van der Waals surface area (Å²) < 4.78 is 0. The average Bonchev–Trinajstić information content (AvgIpc) is 2.51.